The lowest BCUT2D eigenvalue weighted by Crippen LogP contribution is -2.10. The summed E-state index contributed by atoms with van der Waals surface area (Å²) in [6.07, 6.45) is 1.06. The lowest BCUT2D eigenvalue weighted by molar-refractivity contribution is -0.384. The van der Waals surface area contributed by atoms with Crippen molar-refractivity contribution in [3.63, 3.8) is 0 Å². The number of aromatic nitrogens is 1. The van der Waals surface area contributed by atoms with E-state index in [1.165, 1.54) is 19.2 Å². The number of ether oxygens (including phenoxy) is 1. The van der Waals surface area contributed by atoms with Gasteiger partial charge in [-0.05, 0) is 24.3 Å². The molecule has 3 aromatic carbocycles. The number of non-ortho nitro benzene ring substituents is 1. The third-order valence-electron chi connectivity index (χ3n) is 4.64. The van der Waals surface area contributed by atoms with Gasteiger partial charge in [0.1, 0.15) is 5.75 Å². The van der Waals surface area contributed by atoms with E-state index in [1.807, 2.05) is 24.3 Å². The molecule has 0 bridgehead atoms. The first-order valence-electron chi connectivity index (χ1n) is 9.15. The van der Waals surface area contributed by atoms with E-state index >= 15 is 0 Å². The number of nitro groups is 1. The van der Waals surface area contributed by atoms with Crippen LogP contribution >= 0.6 is 0 Å². The van der Waals surface area contributed by atoms with Gasteiger partial charge in [-0.3, -0.25) is 14.8 Å². The molecule has 0 saturated heterocycles. The minimum Gasteiger partial charge on any atom is -0.494 e. The van der Waals surface area contributed by atoms with Crippen molar-refractivity contribution in [2.45, 2.75) is 0 Å². The number of nitro benzene ring substituents is 1. The molecule has 0 aliphatic rings. The zero-order chi connectivity index (χ0) is 22.2. The first-order valence-corrected chi connectivity index (χ1v) is 11.0. The van der Waals surface area contributed by atoms with E-state index in [0.717, 1.165) is 17.2 Å². The van der Waals surface area contributed by atoms with Gasteiger partial charge in [0.25, 0.3) is 5.69 Å². The fourth-order valence-corrected chi connectivity index (χ4v) is 3.89. The molecule has 0 radical (unpaired) electrons. The average Bonchev–Trinajstić information content (AvgIpc) is 2.73. The highest BCUT2D eigenvalue weighted by Crippen LogP contribution is 2.37. The van der Waals surface area contributed by atoms with Crippen molar-refractivity contribution < 1.29 is 18.1 Å². The van der Waals surface area contributed by atoms with Crippen molar-refractivity contribution in [1.29, 1.82) is 0 Å². The fraction of sp³-hybridized carbons (Fsp3) is 0.0952. The molecule has 2 N–H and O–H groups in total. The van der Waals surface area contributed by atoms with Crippen LogP contribution in [0.3, 0.4) is 0 Å². The Balaban J connectivity index is 1.88. The van der Waals surface area contributed by atoms with E-state index in [0.29, 0.717) is 33.7 Å². The molecule has 0 aliphatic carbocycles. The van der Waals surface area contributed by atoms with E-state index < -0.39 is 14.9 Å². The summed E-state index contributed by atoms with van der Waals surface area (Å²) in [7, 11) is -2.04. The van der Waals surface area contributed by atoms with Crippen LogP contribution < -0.4 is 14.8 Å². The van der Waals surface area contributed by atoms with Crippen molar-refractivity contribution >= 4 is 54.6 Å². The third kappa shape index (κ3) is 4.19. The summed E-state index contributed by atoms with van der Waals surface area (Å²) in [5, 5.41) is 16.0. The number of pyridine rings is 1. The number of para-hydroxylation sites is 1. The van der Waals surface area contributed by atoms with Gasteiger partial charge in [0, 0.05) is 34.7 Å². The zero-order valence-corrected chi connectivity index (χ0v) is 17.4. The zero-order valence-electron chi connectivity index (χ0n) is 16.6. The topological polar surface area (TPSA) is 123 Å². The van der Waals surface area contributed by atoms with Crippen LogP contribution in [0.5, 0.6) is 5.75 Å². The Morgan fingerprint density at radius 3 is 2.45 bits per heavy atom. The van der Waals surface area contributed by atoms with Crippen LogP contribution in [0, 0.1) is 10.1 Å². The van der Waals surface area contributed by atoms with Gasteiger partial charge < -0.3 is 10.1 Å². The van der Waals surface area contributed by atoms with Crippen molar-refractivity contribution in [1.82, 2.24) is 4.98 Å². The summed E-state index contributed by atoms with van der Waals surface area (Å²) in [5.74, 6) is 0.323. The number of methoxy groups -OCH3 is 1. The van der Waals surface area contributed by atoms with Gasteiger partial charge >= 0.3 is 0 Å². The van der Waals surface area contributed by atoms with Crippen LogP contribution in [0.1, 0.15) is 0 Å². The number of hydrogen-bond donors (Lipinski definition) is 2. The molecule has 1 aromatic heterocycles. The average molecular weight is 438 g/mol. The van der Waals surface area contributed by atoms with Gasteiger partial charge in [-0.2, -0.15) is 0 Å². The molecule has 10 heteroatoms. The van der Waals surface area contributed by atoms with E-state index in [9.17, 15) is 18.5 Å². The molecule has 158 valence electrons. The summed E-state index contributed by atoms with van der Waals surface area (Å²) >= 11 is 0. The number of fused-ring (bicyclic) bond motifs is 2. The highest BCUT2D eigenvalue weighted by Gasteiger charge is 2.15. The first kappa shape index (κ1) is 20.4. The maximum Gasteiger partial charge on any atom is 0.270 e. The molecule has 4 aromatic rings. The summed E-state index contributed by atoms with van der Waals surface area (Å²) in [6, 6.07) is 16.9. The SMILES string of the molecule is COc1cc(Nc2c3ccccc3nc3ccc([N+](=O)[O-])cc23)ccc1NS(C)(=O)=O. The number of anilines is 3. The molecule has 0 fully saturated rings. The van der Waals surface area contributed by atoms with Gasteiger partial charge in [-0.15, -0.1) is 0 Å². The molecule has 31 heavy (non-hydrogen) atoms. The number of hydrogen-bond acceptors (Lipinski definition) is 7. The minimum atomic E-state index is -3.47. The fourth-order valence-electron chi connectivity index (χ4n) is 3.32. The van der Waals surface area contributed by atoms with E-state index in [1.54, 1.807) is 24.3 Å². The summed E-state index contributed by atoms with van der Waals surface area (Å²) in [6.45, 7) is 0. The summed E-state index contributed by atoms with van der Waals surface area (Å²) in [5.41, 5.74) is 2.85. The molecule has 1 heterocycles. The third-order valence-corrected chi connectivity index (χ3v) is 5.23. The van der Waals surface area contributed by atoms with Crippen LogP contribution in [0.4, 0.5) is 22.7 Å². The Labute approximate surface area is 177 Å². The molecule has 0 spiro atoms. The van der Waals surface area contributed by atoms with Crippen molar-refractivity contribution in [2.75, 3.05) is 23.4 Å². The monoisotopic (exact) mass is 438 g/mol. The van der Waals surface area contributed by atoms with Gasteiger partial charge in [0.2, 0.25) is 10.0 Å². The molecular formula is C21H18N4O5S. The number of benzene rings is 3. The molecular weight excluding hydrogens is 420 g/mol. The minimum absolute atomic E-state index is 0.0436. The number of nitrogens with zero attached hydrogens (tertiary/aromatic N) is 2. The largest absolute Gasteiger partial charge is 0.494 e. The normalized spacial score (nSPS) is 11.4. The predicted molar refractivity (Wildman–Crippen MR) is 121 cm³/mol. The number of nitrogens with one attached hydrogen (secondary N) is 2. The highest BCUT2D eigenvalue weighted by molar-refractivity contribution is 7.92. The van der Waals surface area contributed by atoms with Gasteiger partial charge in [-0.25, -0.2) is 13.4 Å². The Hall–Kier alpha value is -3.92. The molecule has 0 aliphatic heterocycles. The quantitative estimate of drug-likeness (QED) is 0.259. The molecule has 0 amide bonds. The van der Waals surface area contributed by atoms with Gasteiger partial charge in [-0.1, -0.05) is 18.2 Å². The van der Waals surface area contributed by atoms with Crippen LogP contribution in [0.2, 0.25) is 0 Å². The van der Waals surface area contributed by atoms with E-state index in [4.69, 9.17) is 4.74 Å². The van der Waals surface area contributed by atoms with Crippen molar-refractivity contribution in [3.8, 4) is 5.75 Å². The molecule has 0 saturated carbocycles. The second kappa shape index (κ2) is 7.73. The van der Waals surface area contributed by atoms with Gasteiger partial charge in [0.05, 0.1) is 40.7 Å². The Morgan fingerprint density at radius 1 is 1.00 bits per heavy atom. The predicted octanol–water partition coefficient (Wildman–Crippen LogP) is 4.42. The van der Waals surface area contributed by atoms with Crippen molar-refractivity contribution in [3.05, 3.63) is 70.8 Å². The van der Waals surface area contributed by atoms with Crippen LogP contribution in [-0.4, -0.2) is 31.7 Å². The molecule has 0 atom stereocenters. The lowest BCUT2D eigenvalue weighted by atomic mass is 10.1. The number of rotatable bonds is 6. The van der Waals surface area contributed by atoms with Crippen LogP contribution in [-0.2, 0) is 10.0 Å². The van der Waals surface area contributed by atoms with Gasteiger partial charge in [0.15, 0.2) is 0 Å². The Morgan fingerprint density at radius 2 is 1.74 bits per heavy atom. The molecule has 0 unspecified atom stereocenters. The Kier molecular flexibility index (Phi) is 5.07. The second-order valence-electron chi connectivity index (χ2n) is 6.88. The van der Waals surface area contributed by atoms with Crippen molar-refractivity contribution in [2.24, 2.45) is 0 Å². The van der Waals surface area contributed by atoms with Crippen LogP contribution in [0.15, 0.2) is 60.7 Å². The number of sulfonamides is 1. The molecule has 9 nitrogen and oxygen atoms in total. The second-order valence-corrected chi connectivity index (χ2v) is 8.63. The smallest absolute Gasteiger partial charge is 0.270 e. The summed E-state index contributed by atoms with van der Waals surface area (Å²) in [4.78, 5) is 15.5. The molecule has 4 rings (SSSR count). The van der Waals surface area contributed by atoms with E-state index in [-0.39, 0.29) is 5.69 Å². The van der Waals surface area contributed by atoms with Crippen LogP contribution in [0.25, 0.3) is 21.8 Å². The maximum atomic E-state index is 11.6. The van der Waals surface area contributed by atoms with E-state index in [2.05, 4.69) is 15.0 Å². The maximum absolute atomic E-state index is 11.6. The summed E-state index contributed by atoms with van der Waals surface area (Å²) < 4.78 is 30.9. The lowest BCUT2D eigenvalue weighted by Gasteiger charge is -2.15. The highest BCUT2D eigenvalue weighted by atomic mass is 32.2. The Bertz CT molecular complexity index is 1440. The standard InChI is InChI=1S/C21H18N4O5S/c1-30-20-11-13(7-9-19(20)24-31(2,28)29)22-21-15-5-3-4-6-17(15)23-18-10-8-14(25(26)27)12-16(18)21/h3-12,24H,1-2H3,(H,22,23). The first-order chi connectivity index (χ1) is 14.7.